The number of ether oxygens (including phenoxy) is 1. The zero-order chi connectivity index (χ0) is 7.28. The highest BCUT2D eigenvalue weighted by Gasteiger charge is 1.96. The van der Waals surface area contributed by atoms with Crippen LogP contribution in [0.5, 0.6) is 0 Å². The highest BCUT2D eigenvalue weighted by Crippen LogP contribution is 1.90. The predicted octanol–water partition coefficient (Wildman–Crippen LogP) is 0.664. The molecule has 9 heavy (non-hydrogen) atoms. The molecule has 0 aromatic heterocycles. The predicted molar refractivity (Wildman–Crippen MR) is 33.3 cm³/mol. The van der Waals surface area contributed by atoms with Crippen LogP contribution >= 0.6 is 0 Å². The monoisotopic (exact) mass is 130 g/mol. The van der Waals surface area contributed by atoms with Crippen LogP contribution in [0.1, 0.15) is 6.92 Å². The number of carboxylic acids is 1. The summed E-state index contributed by atoms with van der Waals surface area (Å²) in [4.78, 5) is 10.1. The van der Waals surface area contributed by atoms with Crippen molar-refractivity contribution in [3.63, 3.8) is 0 Å². The van der Waals surface area contributed by atoms with E-state index in [0.717, 1.165) is 0 Å². The summed E-state index contributed by atoms with van der Waals surface area (Å²) < 4.78 is 4.62. The molecule has 0 atom stereocenters. The van der Waals surface area contributed by atoms with Crippen LogP contribution in [0.25, 0.3) is 0 Å². The molecule has 1 N–H and O–H groups in total. The maximum absolute atomic E-state index is 10.1. The zero-order valence-electron chi connectivity index (χ0n) is 5.55. The van der Waals surface area contributed by atoms with Gasteiger partial charge < -0.3 is 9.84 Å². The average molecular weight is 130 g/mol. The Morgan fingerprint density at radius 1 is 1.78 bits per heavy atom. The first-order valence-corrected chi connectivity index (χ1v) is 2.57. The molecule has 3 nitrogen and oxygen atoms in total. The summed E-state index contributed by atoms with van der Waals surface area (Å²) in [7, 11) is 1.52. The molecule has 0 aliphatic rings. The van der Waals surface area contributed by atoms with Gasteiger partial charge in [0.2, 0.25) is 0 Å². The van der Waals surface area contributed by atoms with Crippen LogP contribution in [0.4, 0.5) is 0 Å². The van der Waals surface area contributed by atoms with Crippen molar-refractivity contribution in [3.05, 3.63) is 11.6 Å². The summed E-state index contributed by atoms with van der Waals surface area (Å²) >= 11 is 0. The molecule has 0 bridgehead atoms. The lowest BCUT2D eigenvalue weighted by atomic mass is 10.3. The minimum Gasteiger partial charge on any atom is -0.478 e. The van der Waals surface area contributed by atoms with Crippen LogP contribution in [0.3, 0.4) is 0 Å². The van der Waals surface area contributed by atoms with E-state index in [2.05, 4.69) is 4.74 Å². The second-order valence-electron chi connectivity index (χ2n) is 1.65. The van der Waals surface area contributed by atoms with Gasteiger partial charge in [-0.25, -0.2) is 4.79 Å². The maximum atomic E-state index is 10.1. The Hall–Kier alpha value is -0.830. The molecular formula is C6H10O3. The van der Waals surface area contributed by atoms with Gasteiger partial charge in [0.05, 0.1) is 6.61 Å². The van der Waals surface area contributed by atoms with Crippen molar-refractivity contribution < 1.29 is 14.6 Å². The number of hydrogen-bond acceptors (Lipinski definition) is 2. The van der Waals surface area contributed by atoms with Gasteiger partial charge in [-0.3, -0.25) is 0 Å². The molecule has 0 aromatic rings. The van der Waals surface area contributed by atoms with Crippen LogP contribution in [-0.4, -0.2) is 24.8 Å². The Balaban J connectivity index is 3.69. The molecule has 0 saturated carbocycles. The van der Waals surface area contributed by atoms with Crippen molar-refractivity contribution >= 4 is 5.97 Å². The first-order valence-electron chi connectivity index (χ1n) is 2.57. The lowest BCUT2D eigenvalue weighted by Gasteiger charge is -1.91. The number of aliphatic carboxylic acids is 1. The normalized spacial score (nSPS) is 11.6. The number of carbonyl (C=O) groups is 1. The summed E-state index contributed by atoms with van der Waals surface area (Å²) in [5, 5.41) is 8.28. The fourth-order valence-electron chi connectivity index (χ4n) is 0.296. The van der Waals surface area contributed by atoms with E-state index in [0.29, 0.717) is 12.2 Å². The molecule has 0 aliphatic carbocycles. The third kappa shape index (κ3) is 3.73. The Morgan fingerprint density at radius 2 is 2.33 bits per heavy atom. The Morgan fingerprint density at radius 3 is 2.67 bits per heavy atom. The molecule has 0 rings (SSSR count). The topological polar surface area (TPSA) is 46.5 Å². The second-order valence-corrected chi connectivity index (χ2v) is 1.65. The molecule has 0 aliphatic heterocycles. The fraction of sp³-hybridized carbons (Fsp3) is 0.500. The molecule has 3 heteroatoms. The Kier molecular flexibility index (Phi) is 3.71. The molecular weight excluding hydrogens is 120 g/mol. The van der Waals surface area contributed by atoms with Gasteiger partial charge >= 0.3 is 5.97 Å². The van der Waals surface area contributed by atoms with Crippen molar-refractivity contribution in [1.82, 2.24) is 0 Å². The minimum atomic E-state index is -0.896. The second kappa shape index (κ2) is 4.09. The van der Waals surface area contributed by atoms with Crippen molar-refractivity contribution in [2.24, 2.45) is 0 Å². The molecule has 0 radical (unpaired) electrons. The lowest BCUT2D eigenvalue weighted by Crippen LogP contribution is -1.97. The SMILES string of the molecule is COCC=C(C)C(=O)O. The van der Waals surface area contributed by atoms with Gasteiger partial charge in [0.15, 0.2) is 0 Å². The van der Waals surface area contributed by atoms with E-state index >= 15 is 0 Å². The van der Waals surface area contributed by atoms with Gasteiger partial charge in [0.1, 0.15) is 0 Å². The van der Waals surface area contributed by atoms with Gasteiger partial charge in [0, 0.05) is 12.7 Å². The molecule has 0 spiro atoms. The molecule has 0 saturated heterocycles. The summed E-state index contributed by atoms with van der Waals surface area (Å²) in [6, 6.07) is 0. The lowest BCUT2D eigenvalue weighted by molar-refractivity contribution is -0.132. The number of rotatable bonds is 3. The standard InChI is InChI=1S/C6H10O3/c1-5(6(7)8)3-4-9-2/h3H,4H2,1-2H3,(H,7,8). The van der Waals surface area contributed by atoms with E-state index < -0.39 is 5.97 Å². The van der Waals surface area contributed by atoms with E-state index in [-0.39, 0.29) is 0 Å². The summed E-state index contributed by atoms with van der Waals surface area (Å²) in [6.45, 7) is 1.89. The summed E-state index contributed by atoms with van der Waals surface area (Å²) in [5.41, 5.74) is 0.317. The van der Waals surface area contributed by atoms with Crippen molar-refractivity contribution in [1.29, 1.82) is 0 Å². The van der Waals surface area contributed by atoms with Gasteiger partial charge in [-0.1, -0.05) is 0 Å². The molecule has 0 heterocycles. The van der Waals surface area contributed by atoms with Crippen LogP contribution in [0.2, 0.25) is 0 Å². The number of carboxylic acid groups (broad SMARTS) is 1. The smallest absolute Gasteiger partial charge is 0.331 e. The molecule has 52 valence electrons. The molecule has 0 amide bonds. The highest BCUT2D eigenvalue weighted by molar-refractivity contribution is 5.85. The number of hydrogen-bond donors (Lipinski definition) is 1. The fourth-order valence-corrected chi connectivity index (χ4v) is 0.296. The quantitative estimate of drug-likeness (QED) is 0.571. The Labute approximate surface area is 53.9 Å². The molecule has 0 fully saturated rings. The van der Waals surface area contributed by atoms with Gasteiger partial charge in [-0.2, -0.15) is 0 Å². The largest absolute Gasteiger partial charge is 0.478 e. The Bertz CT molecular complexity index is 126. The first-order chi connectivity index (χ1) is 4.18. The summed E-state index contributed by atoms with van der Waals surface area (Å²) in [5.74, 6) is -0.896. The van der Waals surface area contributed by atoms with Crippen molar-refractivity contribution in [2.45, 2.75) is 6.92 Å². The van der Waals surface area contributed by atoms with E-state index in [1.165, 1.54) is 20.1 Å². The van der Waals surface area contributed by atoms with Crippen molar-refractivity contribution in [3.8, 4) is 0 Å². The minimum absolute atomic E-state index is 0.317. The van der Waals surface area contributed by atoms with E-state index in [4.69, 9.17) is 5.11 Å². The molecule has 0 aromatic carbocycles. The first kappa shape index (κ1) is 8.17. The van der Waals surface area contributed by atoms with E-state index in [9.17, 15) is 4.79 Å². The van der Waals surface area contributed by atoms with E-state index in [1.807, 2.05) is 0 Å². The maximum Gasteiger partial charge on any atom is 0.331 e. The number of methoxy groups -OCH3 is 1. The molecule has 0 unspecified atom stereocenters. The van der Waals surface area contributed by atoms with Gasteiger partial charge in [0.25, 0.3) is 0 Å². The van der Waals surface area contributed by atoms with Crippen molar-refractivity contribution in [2.75, 3.05) is 13.7 Å². The van der Waals surface area contributed by atoms with Gasteiger partial charge in [-0.05, 0) is 13.0 Å². The summed E-state index contributed by atoms with van der Waals surface area (Å²) in [6.07, 6.45) is 1.52. The zero-order valence-corrected chi connectivity index (χ0v) is 5.55. The van der Waals surface area contributed by atoms with Crippen LogP contribution in [-0.2, 0) is 9.53 Å². The average Bonchev–Trinajstić information content (AvgIpc) is 1.82. The van der Waals surface area contributed by atoms with Crippen LogP contribution in [0.15, 0.2) is 11.6 Å². The van der Waals surface area contributed by atoms with Gasteiger partial charge in [-0.15, -0.1) is 0 Å². The third-order valence-corrected chi connectivity index (χ3v) is 0.894. The highest BCUT2D eigenvalue weighted by atomic mass is 16.5. The van der Waals surface area contributed by atoms with E-state index in [1.54, 1.807) is 0 Å². The third-order valence-electron chi connectivity index (χ3n) is 0.894. The van der Waals surface area contributed by atoms with Crippen LogP contribution < -0.4 is 0 Å². The van der Waals surface area contributed by atoms with Crippen LogP contribution in [0, 0.1) is 0 Å².